The van der Waals surface area contributed by atoms with Crippen LogP contribution in [0.3, 0.4) is 0 Å². The van der Waals surface area contributed by atoms with Gasteiger partial charge in [-0.15, -0.1) is 12.6 Å². The third-order valence-electron chi connectivity index (χ3n) is 3.52. The number of thiol groups is 1. The normalized spacial score (nSPS) is 38.0. The summed E-state index contributed by atoms with van der Waals surface area (Å²) in [5.74, 6) is -0.361. The molecule has 1 aliphatic rings. The highest BCUT2D eigenvalue weighted by Gasteiger charge is 2.50. The molecule has 7 N–H and O–H groups in total. The van der Waals surface area contributed by atoms with Crippen LogP contribution in [-0.2, 0) is 9.53 Å². The van der Waals surface area contributed by atoms with Crippen molar-refractivity contribution >= 4 is 18.5 Å². The Morgan fingerprint density at radius 3 is 2.62 bits per heavy atom. The number of amides is 1. The molecule has 0 aliphatic carbocycles. The van der Waals surface area contributed by atoms with Gasteiger partial charge in [-0.3, -0.25) is 4.79 Å². The van der Waals surface area contributed by atoms with E-state index in [2.05, 4.69) is 17.9 Å². The summed E-state index contributed by atoms with van der Waals surface area (Å²) < 4.78 is 5.42. The van der Waals surface area contributed by atoms with E-state index in [1.165, 1.54) is 0 Å². The van der Waals surface area contributed by atoms with Crippen LogP contribution in [-0.4, -0.2) is 74.9 Å². The average Bonchev–Trinajstić information content (AvgIpc) is 2.46. The third-order valence-corrected chi connectivity index (χ3v) is 4.12. The van der Waals surface area contributed by atoms with Crippen molar-refractivity contribution in [2.75, 3.05) is 13.1 Å². The van der Waals surface area contributed by atoms with Crippen LogP contribution in [0.25, 0.3) is 0 Å². The summed E-state index contributed by atoms with van der Waals surface area (Å²) in [6, 6.07) is 0. The monoisotopic (exact) mass is 324 g/mol. The SMILES string of the molecule is C[C@H]1O[C@@](S)(CCC(=O)NCC(O)CN)[C@@H](O)[C@@H](O)[C@@H]1O. The smallest absolute Gasteiger partial charge is 0.220 e. The highest BCUT2D eigenvalue weighted by molar-refractivity contribution is 7.81. The molecule has 0 aromatic carbocycles. The molecule has 21 heavy (non-hydrogen) atoms. The van der Waals surface area contributed by atoms with Crippen molar-refractivity contribution in [3.05, 3.63) is 0 Å². The third kappa shape index (κ3) is 4.78. The van der Waals surface area contributed by atoms with E-state index in [1.54, 1.807) is 6.92 Å². The Morgan fingerprint density at radius 2 is 2.05 bits per heavy atom. The number of aliphatic hydroxyl groups excluding tert-OH is 4. The van der Waals surface area contributed by atoms with Crippen molar-refractivity contribution in [3.8, 4) is 0 Å². The van der Waals surface area contributed by atoms with Gasteiger partial charge in [-0.25, -0.2) is 0 Å². The Morgan fingerprint density at radius 1 is 1.43 bits per heavy atom. The van der Waals surface area contributed by atoms with Crippen molar-refractivity contribution in [1.82, 2.24) is 5.32 Å². The lowest BCUT2D eigenvalue weighted by Crippen LogP contribution is -2.61. The maximum atomic E-state index is 11.6. The highest BCUT2D eigenvalue weighted by Crippen LogP contribution is 2.36. The fraction of sp³-hybridized carbons (Fsp3) is 0.917. The molecule has 1 saturated heterocycles. The molecular weight excluding hydrogens is 300 g/mol. The van der Waals surface area contributed by atoms with Crippen LogP contribution >= 0.6 is 12.6 Å². The van der Waals surface area contributed by atoms with Crippen LogP contribution in [0.1, 0.15) is 19.8 Å². The lowest BCUT2D eigenvalue weighted by Gasteiger charge is -2.45. The summed E-state index contributed by atoms with van der Waals surface area (Å²) in [6.07, 6.45) is -5.55. The van der Waals surface area contributed by atoms with Crippen molar-refractivity contribution in [1.29, 1.82) is 0 Å². The predicted molar refractivity (Wildman–Crippen MR) is 77.6 cm³/mol. The Hall–Kier alpha value is -0.420. The Kier molecular flexibility index (Phi) is 6.85. The molecule has 1 heterocycles. The Balaban J connectivity index is 2.51. The fourth-order valence-corrected chi connectivity index (χ4v) is 2.53. The number of nitrogens with one attached hydrogen (secondary N) is 1. The molecule has 1 aliphatic heterocycles. The van der Waals surface area contributed by atoms with Gasteiger partial charge in [-0.2, -0.15) is 0 Å². The van der Waals surface area contributed by atoms with E-state index in [1.807, 2.05) is 0 Å². The van der Waals surface area contributed by atoms with Gasteiger partial charge in [0.05, 0.1) is 12.2 Å². The lowest BCUT2D eigenvalue weighted by molar-refractivity contribution is -0.231. The standard InChI is InChI=1S/C12H24N2O6S/c1-6-9(17)10(18)11(19)12(21,20-6)3-2-8(16)14-5-7(15)4-13/h6-7,9-11,15,17-19,21H,2-5,13H2,1H3,(H,14,16)/t6-,7?,9-,10+,11+,12-/m1/s1. The van der Waals surface area contributed by atoms with Gasteiger partial charge in [0.15, 0.2) is 0 Å². The molecule has 1 amide bonds. The quantitative estimate of drug-likeness (QED) is 0.264. The molecule has 6 atom stereocenters. The molecule has 1 fully saturated rings. The van der Waals surface area contributed by atoms with Crippen LogP contribution in [0.2, 0.25) is 0 Å². The molecular formula is C12H24N2O6S. The van der Waals surface area contributed by atoms with Gasteiger partial charge in [0.25, 0.3) is 0 Å². The van der Waals surface area contributed by atoms with Crippen LogP contribution in [0.4, 0.5) is 0 Å². The largest absolute Gasteiger partial charge is 0.390 e. The van der Waals surface area contributed by atoms with Crippen molar-refractivity contribution in [2.45, 2.75) is 55.2 Å². The topological polar surface area (TPSA) is 145 Å². The van der Waals surface area contributed by atoms with Crippen molar-refractivity contribution < 1.29 is 30.0 Å². The average molecular weight is 324 g/mol. The number of carbonyl (C=O) groups is 1. The van der Waals surface area contributed by atoms with E-state index in [9.17, 15) is 25.2 Å². The second kappa shape index (κ2) is 7.73. The van der Waals surface area contributed by atoms with E-state index in [4.69, 9.17) is 10.5 Å². The van der Waals surface area contributed by atoms with Crippen LogP contribution in [0.15, 0.2) is 0 Å². The first-order chi connectivity index (χ1) is 9.71. The summed E-state index contributed by atoms with van der Waals surface area (Å²) in [6.45, 7) is 1.62. The maximum Gasteiger partial charge on any atom is 0.220 e. The minimum absolute atomic E-state index is 0.0204. The van der Waals surface area contributed by atoms with Gasteiger partial charge in [0, 0.05) is 19.5 Å². The molecule has 1 unspecified atom stereocenters. The van der Waals surface area contributed by atoms with Crippen LogP contribution < -0.4 is 11.1 Å². The number of ether oxygens (including phenoxy) is 1. The number of hydrogen-bond acceptors (Lipinski definition) is 8. The summed E-state index contributed by atoms with van der Waals surface area (Å²) in [7, 11) is 0. The number of hydrogen-bond donors (Lipinski definition) is 7. The predicted octanol–water partition coefficient (Wildman–Crippen LogP) is -2.67. The van der Waals surface area contributed by atoms with Crippen molar-refractivity contribution in [3.63, 3.8) is 0 Å². The summed E-state index contributed by atoms with van der Waals surface area (Å²) >= 11 is 4.21. The molecule has 0 bridgehead atoms. The Labute approximate surface area is 128 Å². The van der Waals surface area contributed by atoms with E-state index < -0.39 is 35.5 Å². The van der Waals surface area contributed by atoms with Gasteiger partial charge >= 0.3 is 0 Å². The number of rotatable bonds is 6. The van der Waals surface area contributed by atoms with E-state index in [0.717, 1.165) is 0 Å². The Bertz CT molecular complexity index is 361. The highest BCUT2D eigenvalue weighted by atomic mass is 32.1. The fourth-order valence-electron chi connectivity index (χ4n) is 2.10. The lowest BCUT2D eigenvalue weighted by atomic mass is 9.92. The van der Waals surface area contributed by atoms with Gasteiger partial charge in [0.2, 0.25) is 5.91 Å². The minimum Gasteiger partial charge on any atom is -0.390 e. The molecule has 124 valence electrons. The zero-order valence-corrected chi connectivity index (χ0v) is 12.7. The number of carbonyl (C=O) groups excluding carboxylic acids is 1. The summed E-state index contributed by atoms with van der Waals surface area (Å²) in [4.78, 5) is 10.2. The second-order valence-corrected chi connectivity index (χ2v) is 6.04. The summed E-state index contributed by atoms with van der Waals surface area (Å²) in [5.41, 5.74) is 5.21. The van der Waals surface area contributed by atoms with E-state index >= 15 is 0 Å². The zero-order valence-electron chi connectivity index (χ0n) is 11.8. The first kappa shape index (κ1) is 18.6. The first-order valence-electron chi connectivity index (χ1n) is 6.80. The molecule has 0 saturated carbocycles. The molecule has 0 aromatic rings. The van der Waals surface area contributed by atoms with E-state index in [0.29, 0.717) is 0 Å². The van der Waals surface area contributed by atoms with E-state index in [-0.39, 0.29) is 31.8 Å². The molecule has 0 spiro atoms. The first-order valence-corrected chi connectivity index (χ1v) is 7.25. The maximum absolute atomic E-state index is 11.6. The minimum atomic E-state index is -1.43. The van der Waals surface area contributed by atoms with Gasteiger partial charge in [0.1, 0.15) is 23.2 Å². The van der Waals surface area contributed by atoms with Crippen molar-refractivity contribution in [2.24, 2.45) is 5.73 Å². The van der Waals surface area contributed by atoms with Gasteiger partial charge in [-0.1, -0.05) is 0 Å². The molecule has 1 rings (SSSR count). The zero-order chi connectivity index (χ0) is 16.2. The molecule has 0 radical (unpaired) electrons. The summed E-state index contributed by atoms with van der Waals surface area (Å²) in [5, 5.41) is 41.0. The second-order valence-electron chi connectivity index (χ2n) is 5.29. The van der Waals surface area contributed by atoms with Crippen LogP contribution in [0.5, 0.6) is 0 Å². The molecule has 9 heteroatoms. The molecule has 8 nitrogen and oxygen atoms in total. The van der Waals surface area contributed by atoms with Gasteiger partial charge in [-0.05, 0) is 13.3 Å². The number of aliphatic hydroxyl groups is 4. The van der Waals surface area contributed by atoms with Crippen LogP contribution in [0, 0.1) is 0 Å². The number of nitrogens with two attached hydrogens (primary N) is 1. The molecule has 0 aromatic heterocycles. The van der Waals surface area contributed by atoms with Gasteiger partial charge < -0.3 is 36.2 Å².